The predicted molar refractivity (Wildman–Crippen MR) is 106 cm³/mol. The van der Waals surface area contributed by atoms with Crippen LogP contribution in [0.25, 0.3) is 0 Å². The molecule has 1 fully saturated rings. The second kappa shape index (κ2) is 7.32. The standard InChI is InChI=1S/C20H23N3O3S/c24-20-14-16-13-18(7-8-19(16)22-20)27(25,26)21-10-9-15-3-5-17(6-4-15)23-11-1-2-12-23/h3-8,13,21H,1-2,9-12,14H2,(H,22,24). The average molecular weight is 385 g/mol. The Morgan fingerprint density at radius 3 is 2.52 bits per heavy atom. The van der Waals surface area contributed by atoms with Crippen LogP contribution in [0.15, 0.2) is 47.4 Å². The van der Waals surface area contributed by atoms with E-state index in [9.17, 15) is 13.2 Å². The van der Waals surface area contributed by atoms with E-state index in [2.05, 4.69) is 39.2 Å². The van der Waals surface area contributed by atoms with Crippen molar-refractivity contribution in [3.05, 3.63) is 53.6 Å². The highest BCUT2D eigenvalue weighted by Crippen LogP contribution is 2.25. The number of anilines is 2. The van der Waals surface area contributed by atoms with Crippen molar-refractivity contribution in [3.63, 3.8) is 0 Å². The fourth-order valence-corrected chi connectivity index (χ4v) is 4.72. The molecule has 0 bridgehead atoms. The Morgan fingerprint density at radius 1 is 1.04 bits per heavy atom. The number of nitrogens with one attached hydrogen (secondary N) is 2. The van der Waals surface area contributed by atoms with Gasteiger partial charge in [-0.2, -0.15) is 0 Å². The van der Waals surface area contributed by atoms with Crippen molar-refractivity contribution >= 4 is 27.3 Å². The highest BCUT2D eigenvalue weighted by molar-refractivity contribution is 7.89. The molecule has 2 aliphatic rings. The number of hydrogen-bond acceptors (Lipinski definition) is 4. The van der Waals surface area contributed by atoms with Crippen LogP contribution in [0.5, 0.6) is 0 Å². The van der Waals surface area contributed by atoms with Crippen LogP contribution in [0.4, 0.5) is 11.4 Å². The lowest BCUT2D eigenvalue weighted by molar-refractivity contribution is -0.115. The third-order valence-corrected chi connectivity index (χ3v) is 6.58. The zero-order valence-electron chi connectivity index (χ0n) is 15.1. The van der Waals surface area contributed by atoms with Crippen molar-refractivity contribution in [2.75, 3.05) is 29.9 Å². The molecule has 2 heterocycles. The molecule has 4 rings (SSSR count). The first-order valence-corrected chi connectivity index (χ1v) is 10.8. The molecule has 0 saturated carbocycles. The van der Waals surface area contributed by atoms with Crippen molar-refractivity contribution in [1.29, 1.82) is 0 Å². The molecule has 6 nitrogen and oxygen atoms in total. The molecular weight excluding hydrogens is 362 g/mol. The van der Waals surface area contributed by atoms with Crippen LogP contribution in [-0.2, 0) is 27.7 Å². The molecule has 2 aromatic rings. The first kappa shape index (κ1) is 18.0. The summed E-state index contributed by atoms with van der Waals surface area (Å²) in [4.78, 5) is 14.0. The molecular formula is C20H23N3O3S. The van der Waals surface area contributed by atoms with Gasteiger partial charge in [-0.25, -0.2) is 13.1 Å². The summed E-state index contributed by atoms with van der Waals surface area (Å²) in [6.45, 7) is 2.56. The number of sulfonamides is 1. The zero-order chi connectivity index (χ0) is 18.9. The lowest BCUT2D eigenvalue weighted by Gasteiger charge is -2.17. The van der Waals surface area contributed by atoms with E-state index in [-0.39, 0.29) is 17.2 Å². The number of carbonyl (C=O) groups is 1. The first-order valence-electron chi connectivity index (χ1n) is 9.28. The molecule has 2 aromatic carbocycles. The maximum absolute atomic E-state index is 12.5. The average Bonchev–Trinajstić information content (AvgIpc) is 3.30. The lowest BCUT2D eigenvalue weighted by atomic mass is 10.1. The monoisotopic (exact) mass is 385 g/mol. The largest absolute Gasteiger partial charge is 0.372 e. The molecule has 2 N–H and O–H groups in total. The highest BCUT2D eigenvalue weighted by atomic mass is 32.2. The van der Waals surface area contributed by atoms with Gasteiger partial charge < -0.3 is 10.2 Å². The third kappa shape index (κ3) is 3.99. The van der Waals surface area contributed by atoms with E-state index < -0.39 is 10.0 Å². The normalized spacial score (nSPS) is 16.4. The summed E-state index contributed by atoms with van der Waals surface area (Å²) in [5.74, 6) is -0.107. The molecule has 7 heteroatoms. The van der Waals surface area contributed by atoms with Crippen LogP contribution in [0.1, 0.15) is 24.0 Å². The van der Waals surface area contributed by atoms with Gasteiger partial charge in [-0.1, -0.05) is 12.1 Å². The minimum atomic E-state index is -3.59. The number of benzene rings is 2. The van der Waals surface area contributed by atoms with Gasteiger partial charge in [0.2, 0.25) is 15.9 Å². The highest BCUT2D eigenvalue weighted by Gasteiger charge is 2.21. The van der Waals surface area contributed by atoms with E-state index in [1.165, 1.54) is 24.6 Å². The van der Waals surface area contributed by atoms with E-state index in [1.807, 2.05) is 0 Å². The van der Waals surface area contributed by atoms with E-state index in [4.69, 9.17) is 0 Å². The van der Waals surface area contributed by atoms with Crippen molar-refractivity contribution in [2.45, 2.75) is 30.6 Å². The predicted octanol–water partition coefficient (Wildman–Crippen LogP) is 2.30. The summed E-state index contributed by atoms with van der Waals surface area (Å²) in [5.41, 5.74) is 3.75. The van der Waals surface area contributed by atoms with Crippen molar-refractivity contribution in [3.8, 4) is 0 Å². The molecule has 0 unspecified atom stereocenters. The number of amides is 1. The topological polar surface area (TPSA) is 78.5 Å². The smallest absolute Gasteiger partial charge is 0.240 e. The van der Waals surface area contributed by atoms with Crippen molar-refractivity contribution < 1.29 is 13.2 Å². The molecule has 1 amide bonds. The van der Waals surface area contributed by atoms with Gasteiger partial charge in [-0.05, 0) is 60.7 Å². The van der Waals surface area contributed by atoms with E-state index in [0.29, 0.717) is 18.7 Å². The quantitative estimate of drug-likeness (QED) is 0.800. The Hall–Kier alpha value is -2.38. The van der Waals surface area contributed by atoms with Gasteiger partial charge in [0.25, 0.3) is 0 Å². The molecule has 1 saturated heterocycles. The van der Waals surface area contributed by atoms with E-state index in [0.717, 1.165) is 24.2 Å². The van der Waals surface area contributed by atoms with Crippen LogP contribution in [0.2, 0.25) is 0 Å². The molecule has 0 aromatic heterocycles. The summed E-state index contributed by atoms with van der Waals surface area (Å²) in [5, 5.41) is 2.71. The number of hydrogen-bond donors (Lipinski definition) is 2. The summed E-state index contributed by atoms with van der Waals surface area (Å²) in [6, 6.07) is 13.1. The summed E-state index contributed by atoms with van der Waals surface area (Å²) in [7, 11) is -3.59. The van der Waals surface area contributed by atoms with Gasteiger partial charge in [0.05, 0.1) is 11.3 Å². The van der Waals surface area contributed by atoms with Crippen LogP contribution >= 0.6 is 0 Å². The Balaban J connectivity index is 1.35. The zero-order valence-corrected chi connectivity index (χ0v) is 15.9. The summed E-state index contributed by atoms with van der Waals surface area (Å²) in [6.07, 6.45) is 3.35. The molecule has 0 aliphatic carbocycles. The second-order valence-corrected chi connectivity index (χ2v) is 8.82. The van der Waals surface area contributed by atoms with Gasteiger partial charge in [0, 0.05) is 31.0 Å². The fraction of sp³-hybridized carbons (Fsp3) is 0.350. The SMILES string of the molecule is O=C1Cc2cc(S(=O)(=O)NCCc3ccc(N4CCCC4)cc3)ccc2N1. The lowest BCUT2D eigenvalue weighted by Crippen LogP contribution is -2.26. The summed E-state index contributed by atoms with van der Waals surface area (Å²) >= 11 is 0. The van der Waals surface area contributed by atoms with Crippen LogP contribution in [0.3, 0.4) is 0 Å². The molecule has 0 radical (unpaired) electrons. The van der Waals surface area contributed by atoms with Crippen LogP contribution < -0.4 is 14.9 Å². The maximum Gasteiger partial charge on any atom is 0.240 e. The van der Waals surface area contributed by atoms with Gasteiger partial charge in [-0.15, -0.1) is 0 Å². The Kier molecular flexibility index (Phi) is 4.88. The molecule has 142 valence electrons. The Morgan fingerprint density at radius 2 is 1.78 bits per heavy atom. The first-order chi connectivity index (χ1) is 13.0. The number of carbonyl (C=O) groups excluding carboxylic acids is 1. The Bertz CT molecular complexity index is 949. The molecule has 27 heavy (non-hydrogen) atoms. The maximum atomic E-state index is 12.5. The number of rotatable bonds is 6. The molecule has 0 atom stereocenters. The molecule has 2 aliphatic heterocycles. The minimum Gasteiger partial charge on any atom is -0.372 e. The summed E-state index contributed by atoms with van der Waals surface area (Å²) < 4.78 is 27.7. The second-order valence-electron chi connectivity index (χ2n) is 7.05. The molecule has 0 spiro atoms. The van der Waals surface area contributed by atoms with Crippen LogP contribution in [0, 0.1) is 0 Å². The van der Waals surface area contributed by atoms with Gasteiger partial charge in [0.15, 0.2) is 0 Å². The van der Waals surface area contributed by atoms with E-state index in [1.54, 1.807) is 12.1 Å². The van der Waals surface area contributed by atoms with Crippen LogP contribution in [-0.4, -0.2) is 34.0 Å². The van der Waals surface area contributed by atoms with Gasteiger partial charge in [-0.3, -0.25) is 4.79 Å². The van der Waals surface area contributed by atoms with Gasteiger partial charge in [0.1, 0.15) is 0 Å². The van der Waals surface area contributed by atoms with E-state index >= 15 is 0 Å². The number of nitrogens with zero attached hydrogens (tertiary/aromatic N) is 1. The van der Waals surface area contributed by atoms with Gasteiger partial charge >= 0.3 is 0 Å². The van der Waals surface area contributed by atoms with Crippen molar-refractivity contribution in [2.24, 2.45) is 0 Å². The Labute approximate surface area is 159 Å². The third-order valence-electron chi connectivity index (χ3n) is 5.13. The van der Waals surface area contributed by atoms with Crippen molar-refractivity contribution in [1.82, 2.24) is 4.72 Å². The minimum absolute atomic E-state index is 0.107. The number of fused-ring (bicyclic) bond motifs is 1. The fourth-order valence-electron chi connectivity index (χ4n) is 3.63.